The van der Waals surface area contributed by atoms with Gasteiger partial charge in [0.1, 0.15) is 73.2 Å². The van der Waals surface area contributed by atoms with Gasteiger partial charge < -0.3 is 80.2 Å². The summed E-state index contributed by atoms with van der Waals surface area (Å²) in [4.78, 5) is 0. The molecule has 2 rings (SSSR count). The molecule has 16 heteroatoms. The minimum atomic E-state index is -1.96. The molecular weight excluding hydrogens is 472 g/mol. The summed E-state index contributed by atoms with van der Waals surface area (Å²) in [5.74, 6) is 0. The summed E-state index contributed by atoms with van der Waals surface area (Å²) < 4.78 is 21.0. The van der Waals surface area contributed by atoms with Crippen molar-refractivity contribution in [1.82, 2.24) is 0 Å². The molecule has 0 aromatic heterocycles. The Morgan fingerprint density at radius 3 is 1.65 bits per heavy atom. The average molecular weight is 506 g/mol. The summed E-state index contributed by atoms with van der Waals surface area (Å²) in [6, 6.07) is 0. The molecule has 16 nitrogen and oxygen atoms in total. The third-order valence-corrected chi connectivity index (χ3v) is 5.72. The van der Waals surface area contributed by atoms with Gasteiger partial charge in [-0.15, -0.1) is 0 Å². The second-order valence-electron chi connectivity index (χ2n) is 8.14. The van der Waals surface area contributed by atoms with Crippen molar-refractivity contribution in [3.63, 3.8) is 0 Å². The van der Waals surface area contributed by atoms with E-state index in [0.29, 0.717) is 0 Å². The van der Waals surface area contributed by atoms with Gasteiger partial charge in [-0.1, -0.05) is 0 Å². The molecule has 14 atom stereocenters. The van der Waals surface area contributed by atoms with Crippen LogP contribution in [0.4, 0.5) is 0 Å². The lowest BCUT2D eigenvalue weighted by atomic mass is 9.98. The quantitative estimate of drug-likeness (QED) is 0.124. The summed E-state index contributed by atoms with van der Waals surface area (Å²) in [7, 11) is 0. The molecule has 34 heavy (non-hydrogen) atoms. The Kier molecular flexibility index (Phi) is 11.4. The Hall–Kier alpha value is -0.640. The molecule has 0 bridgehead atoms. The molecule has 0 aromatic rings. The molecule has 12 N–H and O–H groups in total. The van der Waals surface area contributed by atoms with Gasteiger partial charge in [0.05, 0.1) is 26.4 Å². The van der Waals surface area contributed by atoms with Gasteiger partial charge in [-0.3, -0.25) is 0 Å². The molecule has 0 unspecified atom stereocenters. The maximum Gasteiger partial charge on any atom is 0.187 e. The van der Waals surface area contributed by atoms with Crippen LogP contribution >= 0.6 is 0 Å². The molecule has 202 valence electrons. The van der Waals surface area contributed by atoms with Crippen LogP contribution in [0.1, 0.15) is 0 Å². The number of ether oxygens (including phenoxy) is 4. The molecular formula is C18H34O16. The molecule has 2 aliphatic rings. The Bertz CT molecular complexity index is 596. The summed E-state index contributed by atoms with van der Waals surface area (Å²) in [6.45, 7) is -3.27. The van der Waals surface area contributed by atoms with Crippen molar-refractivity contribution >= 4 is 0 Å². The van der Waals surface area contributed by atoms with Crippen molar-refractivity contribution in [1.29, 1.82) is 0 Å². The number of hydrogen-bond donors (Lipinski definition) is 12. The van der Waals surface area contributed by atoms with Gasteiger partial charge in [0.2, 0.25) is 0 Å². The van der Waals surface area contributed by atoms with E-state index in [-0.39, 0.29) is 0 Å². The maximum atomic E-state index is 10.2. The van der Waals surface area contributed by atoms with Crippen molar-refractivity contribution in [2.75, 3.05) is 26.4 Å². The van der Waals surface area contributed by atoms with Gasteiger partial charge in [-0.25, -0.2) is 0 Å². The zero-order chi connectivity index (χ0) is 25.7. The first-order valence-electron chi connectivity index (χ1n) is 10.5. The van der Waals surface area contributed by atoms with E-state index >= 15 is 0 Å². The van der Waals surface area contributed by atoms with Gasteiger partial charge in [-0.2, -0.15) is 0 Å². The number of aliphatic hydroxyl groups excluding tert-OH is 12. The molecule has 0 aromatic carbocycles. The van der Waals surface area contributed by atoms with Crippen molar-refractivity contribution < 1.29 is 80.2 Å². The fourth-order valence-corrected chi connectivity index (χ4v) is 3.55. The highest BCUT2D eigenvalue weighted by atomic mass is 16.7. The summed E-state index contributed by atoms with van der Waals surface area (Å²) >= 11 is 0. The van der Waals surface area contributed by atoms with Gasteiger partial charge in [0.15, 0.2) is 12.6 Å². The zero-order valence-corrected chi connectivity index (χ0v) is 17.9. The molecule has 2 heterocycles. The first kappa shape index (κ1) is 29.6. The smallest absolute Gasteiger partial charge is 0.187 e. The van der Waals surface area contributed by atoms with Crippen molar-refractivity contribution in [3.8, 4) is 0 Å². The molecule has 0 aliphatic carbocycles. The van der Waals surface area contributed by atoms with E-state index in [2.05, 4.69) is 0 Å². The highest BCUT2D eigenvalue weighted by Crippen LogP contribution is 2.27. The van der Waals surface area contributed by atoms with E-state index in [1.165, 1.54) is 0 Å². The van der Waals surface area contributed by atoms with Crippen LogP contribution < -0.4 is 0 Å². The van der Waals surface area contributed by atoms with Crippen LogP contribution in [0.15, 0.2) is 0 Å². The highest BCUT2D eigenvalue weighted by Gasteiger charge is 2.49. The second kappa shape index (κ2) is 13.1. The number of aliphatic hydroxyl groups is 12. The van der Waals surface area contributed by atoms with E-state index in [4.69, 9.17) is 24.1 Å². The standard InChI is InChI=1S/C18H34O16/c19-1-5(22)9(24)16(6(23)2-20)34-18-15(30)13(28)11(26)8(33-18)4-31-17-14(29)12(27)10(25)7(3-21)32-17/h5-30H,1-4H2/t5-,6+,7+,8+,9+,10-,11-,12-,13-,14+,15+,16+,17+,18-/m0/s1. The predicted molar refractivity (Wildman–Crippen MR) is 103 cm³/mol. The van der Waals surface area contributed by atoms with Crippen molar-refractivity contribution in [2.24, 2.45) is 0 Å². The molecule has 2 saturated heterocycles. The SMILES string of the molecule is OC[C@@H](O)[C@@H](O[C@@H]1O[C@H](CO[C@@H]2O[C@H](CO)[C@H](O)[C@H](O)[C@H]2O)[C@H](O)[C@H](O)[C@H]1O)[C@H](O)[C@@H](O)CO. The van der Waals surface area contributed by atoms with Crippen LogP contribution in [-0.4, -0.2) is 174 Å². The Labute approximate surface area is 193 Å². The lowest BCUT2D eigenvalue weighted by Crippen LogP contribution is -2.63. The number of hydrogen-bond acceptors (Lipinski definition) is 16. The van der Waals surface area contributed by atoms with Gasteiger partial charge >= 0.3 is 0 Å². The van der Waals surface area contributed by atoms with E-state index in [9.17, 15) is 56.2 Å². The van der Waals surface area contributed by atoms with Crippen molar-refractivity contribution in [2.45, 2.75) is 85.8 Å². The van der Waals surface area contributed by atoms with E-state index in [1.54, 1.807) is 0 Å². The lowest BCUT2D eigenvalue weighted by Gasteiger charge is -2.44. The second-order valence-corrected chi connectivity index (χ2v) is 8.14. The molecule has 0 saturated carbocycles. The zero-order valence-electron chi connectivity index (χ0n) is 17.9. The van der Waals surface area contributed by atoms with Crippen LogP contribution in [-0.2, 0) is 18.9 Å². The van der Waals surface area contributed by atoms with Crippen LogP contribution in [0.5, 0.6) is 0 Å². The minimum Gasteiger partial charge on any atom is -0.394 e. The Morgan fingerprint density at radius 2 is 1.12 bits per heavy atom. The average Bonchev–Trinajstić information content (AvgIpc) is 2.84. The fourth-order valence-electron chi connectivity index (χ4n) is 3.55. The summed E-state index contributed by atoms with van der Waals surface area (Å²) in [6.07, 6.45) is -24.4. The van der Waals surface area contributed by atoms with E-state index in [0.717, 1.165) is 0 Å². The summed E-state index contributed by atoms with van der Waals surface area (Å²) in [5.41, 5.74) is 0. The fraction of sp³-hybridized carbons (Fsp3) is 1.00. The molecule has 0 spiro atoms. The lowest BCUT2D eigenvalue weighted by molar-refractivity contribution is -0.344. The first-order chi connectivity index (χ1) is 16.0. The van der Waals surface area contributed by atoms with Gasteiger partial charge in [0, 0.05) is 0 Å². The molecule has 0 amide bonds. The van der Waals surface area contributed by atoms with Crippen LogP contribution in [0.25, 0.3) is 0 Å². The third-order valence-electron chi connectivity index (χ3n) is 5.72. The predicted octanol–water partition coefficient (Wildman–Crippen LogP) is -7.94. The highest BCUT2D eigenvalue weighted by molar-refractivity contribution is 4.93. The molecule has 0 radical (unpaired) electrons. The van der Waals surface area contributed by atoms with Crippen LogP contribution in [0.3, 0.4) is 0 Å². The Morgan fingerprint density at radius 1 is 0.618 bits per heavy atom. The molecule has 2 aliphatic heterocycles. The Balaban J connectivity index is 2.10. The van der Waals surface area contributed by atoms with Gasteiger partial charge in [-0.05, 0) is 0 Å². The van der Waals surface area contributed by atoms with E-state index < -0.39 is 112 Å². The normalized spacial score (nSPS) is 42.7. The topological polar surface area (TPSA) is 280 Å². The van der Waals surface area contributed by atoms with E-state index in [1.807, 2.05) is 0 Å². The van der Waals surface area contributed by atoms with Crippen LogP contribution in [0, 0.1) is 0 Å². The minimum absolute atomic E-state index is 0.650. The van der Waals surface area contributed by atoms with Gasteiger partial charge in [0.25, 0.3) is 0 Å². The number of rotatable bonds is 11. The monoisotopic (exact) mass is 506 g/mol. The first-order valence-corrected chi connectivity index (χ1v) is 10.5. The van der Waals surface area contributed by atoms with Crippen molar-refractivity contribution in [3.05, 3.63) is 0 Å². The summed E-state index contributed by atoms with van der Waals surface area (Å²) in [5, 5.41) is 117. The maximum absolute atomic E-state index is 10.2. The van der Waals surface area contributed by atoms with Crippen LogP contribution in [0.2, 0.25) is 0 Å². The third kappa shape index (κ3) is 6.56. The molecule has 2 fully saturated rings. The largest absolute Gasteiger partial charge is 0.394 e.